The number of pyridine rings is 1. The van der Waals surface area contributed by atoms with E-state index in [-0.39, 0.29) is 17.5 Å². The molecule has 21 heavy (non-hydrogen) atoms. The van der Waals surface area contributed by atoms with E-state index in [1.807, 2.05) is 25.1 Å². The van der Waals surface area contributed by atoms with Crippen molar-refractivity contribution < 1.29 is 9.13 Å². The maximum absolute atomic E-state index is 13.8. The first-order valence-corrected chi connectivity index (χ1v) is 7.66. The number of halogens is 3. The van der Waals surface area contributed by atoms with Gasteiger partial charge in [-0.25, -0.2) is 4.39 Å². The van der Waals surface area contributed by atoms with Crippen molar-refractivity contribution in [2.24, 2.45) is 5.73 Å². The van der Waals surface area contributed by atoms with E-state index >= 15 is 0 Å². The molecule has 110 valence electrons. The van der Waals surface area contributed by atoms with Crippen LogP contribution in [0.15, 0.2) is 34.9 Å². The van der Waals surface area contributed by atoms with Crippen molar-refractivity contribution in [2.45, 2.75) is 18.4 Å². The molecule has 2 atom stereocenters. The zero-order valence-electron chi connectivity index (χ0n) is 11.2. The Balaban J connectivity index is 2.19. The van der Waals surface area contributed by atoms with Gasteiger partial charge in [-0.15, -0.1) is 0 Å². The van der Waals surface area contributed by atoms with Gasteiger partial charge < -0.3 is 10.5 Å². The summed E-state index contributed by atoms with van der Waals surface area (Å²) in [6.07, 6.45) is 1.69. The molecule has 2 aromatic rings. The molecule has 0 aliphatic carbocycles. The summed E-state index contributed by atoms with van der Waals surface area (Å²) in [4.78, 5) is 4.36. The van der Waals surface area contributed by atoms with E-state index in [0.717, 1.165) is 11.3 Å². The van der Waals surface area contributed by atoms with Crippen molar-refractivity contribution in [1.82, 2.24) is 4.98 Å². The van der Waals surface area contributed by atoms with Gasteiger partial charge in [-0.2, -0.15) is 0 Å². The highest BCUT2D eigenvalue weighted by molar-refractivity contribution is 9.10. The van der Waals surface area contributed by atoms with Crippen molar-refractivity contribution in [3.05, 3.63) is 57.0 Å². The average molecular weight is 372 g/mol. The van der Waals surface area contributed by atoms with E-state index in [1.165, 1.54) is 6.07 Å². The Bertz CT molecular complexity index is 698. The molecular formula is C15H13BrClFN2O. The molecule has 1 aromatic heterocycles. The fourth-order valence-corrected chi connectivity index (χ4v) is 3.69. The van der Waals surface area contributed by atoms with Crippen LogP contribution < -0.4 is 10.5 Å². The highest BCUT2D eigenvalue weighted by Gasteiger charge is 2.49. The number of benzene rings is 1. The predicted molar refractivity (Wildman–Crippen MR) is 83.1 cm³/mol. The second-order valence-corrected chi connectivity index (χ2v) is 6.20. The number of rotatable bonds is 2. The molecule has 0 amide bonds. The van der Waals surface area contributed by atoms with Crippen LogP contribution in [0.25, 0.3) is 0 Å². The van der Waals surface area contributed by atoms with Crippen LogP contribution >= 0.6 is 27.5 Å². The number of nitrogens with zero attached hydrogens (tertiary/aromatic N) is 1. The molecule has 0 bridgehead atoms. The molecule has 2 heterocycles. The van der Waals surface area contributed by atoms with Crippen molar-refractivity contribution in [2.75, 3.05) is 6.54 Å². The van der Waals surface area contributed by atoms with Gasteiger partial charge in [-0.1, -0.05) is 24.6 Å². The van der Waals surface area contributed by atoms with Gasteiger partial charge in [0.15, 0.2) is 5.60 Å². The van der Waals surface area contributed by atoms with Crippen LogP contribution in [0.1, 0.15) is 24.1 Å². The summed E-state index contributed by atoms with van der Waals surface area (Å²) in [5, 5.41) is 0.0537. The summed E-state index contributed by atoms with van der Waals surface area (Å²) in [6, 6.07) is 6.87. The Labute approximate surface area is 135 Å². The molecule has 1 aliphatic rings. The quantitative estimate of drug-likeness (QED) is 0.812. The van der Waals surface area contributed by atoms with Gasteiger partial charge in [0.05, 0.1) is 10.7 Å². The molecule has 0 radical (unpaired) electrons. The van der Waals surface area contributed by atoms with Crippen molar-refractivity contribution in [3.8, 4) is 5.75 Å². The molecule has 1 aliphatic heterocycles. The van der Waals surface area contributed by atoms with Crippen molar-refractivity contribution in [1.29, 1.82) is 0 Å². The molecular weight excluding hydrogens is 359 g/mol. The summed E-state index contributed by atoms with van der Waals surface area (Å²) in [7, 11) is 0. The summed E-state index contributed by atoms with van der Waals surface area (Å²) < 4.78 is 20.4. The monoisotopic (exact) mass is 370 g/mol. The maximum Gasteiger partial charge on any atom is 0.169 e. The van der Waals surface area contributed by atoms with E-state index in [2.05, 4.69) is 20.9 Å². The Morgan fingerprint density at radius 2 is 2.29 bits per heavy atom. The van der Waals surface area contributed by atoms with Gasteiger partial charge in [0.1, 0.15) is 11.6 Å². The fraction of sp³-hybridized carbons (Fsp3) is 0.267. The van der Waals surface area contributed by atoms with Crippen LogP contribution in [0, 0.1) is 5.82 Å². The SMILES string of the molecule is C[C@H]1c2c(cc(F)c(Cl)c2Br)O[C@]1(CN)c1ccccn1. The van der Waals surface area contributed by atoms with Crippen molar-refractivity contribution >= 4 is 27.5 Å². The first-order chi connectivity index (χ1) is 10.0. The third-order valence-corrected chi connectivity index (χ3v) is 5.41. The van der Waals surface area contributed by atoms with Crippen LogP contribution in [0.5, 0.6) is 5.75 Å². The third-order valence-electron chi connectivity index (χ3n) is 3.99. The van der Waals surface area contributed by atoms with Gasteiger partial charge in [0.2, 0.25) is 0 Å². The van der Waals surface area contributed by atoms with Crippen LogP contribution in [0.3, 0.4) is 0 Å². The van der Waals surface area contributed by atoms with Gasteiger partial charge in [-0.05, 0) is 28.1 Å². The van der Waals surface area contributed by atoms with E-state index in [0.29, 0.717) is 10.2 Å². The molecule has 6 heteroatoms. The highest BCUT2D eigenvalue weighted by Crippen LogP contribution is 2.53. The number of hydrogen-bond donors (Lipinski definition) is 1. The van der Waals surface area contributed by atoms with Crippen molar-refractivity contribution in [3.63, 3.8) is 0 Å². The molecule has 3 rings (SSSR count). The lowest BCUT2D eigenvalue weighted by molar-refractivity contribution is 0.0752. The fourth-order valence-electron chi connectivity index (χ4n) is 2.80. The lowest BCUT2D eigenvalue weighted by Gasteiger charge is -2.31. The number of nitrogens with two attached hydrogens (primary N) is 1. The molecule has 0 saturated carbocycles. The average Bonchev–Trinajstić information content (AvgIpc) is 2.79. The number of aromatic nitrogens is 1. The van der Waals surface area contributed by atoms with E-state index in [4.69, 9.17) is 22.1 Å². The van der Waals surface area contributed by atoms with E-state index in [9.17, 15) is 4.39 Å². The van der Waals surface area contributed by atoms with Gasteiger partial charge in [-0.3, -0.25) is 4.98 Å². The normalized spacial score (nSPS) is 23.8. The van der Waals surface area contributed by atoms with E-state index < -0.39 is 11.4 Å². The van der Waals surface area contributed by atoms with Crippen LogP contribution in [-0.4, -0.2) is 11.5 Å². The van der Waals surface area contributed by atoms with Crippen LogP contribution in [0.2, 0.25) is 5.02 Å². The van der Waals surface area contributed by atoms with Gasteiger partial charge in [0, 0.05) is 34.8 Å². The summed E-state index contributed by atoms with van der Waals surface area (Å²) in [6.45, 7) is 2.21. The summed E-state index contributed by atoms with van der Waals surface area (Å²) in [5.74, 6) is -0.185. The second-order valence-electron chi connectivity index (χ2n) is 5.03. The number of ether oxygens (including phenoxy) is 1. The molecule has 2 N–H and O–H groups in total. The molecule has 1 aromatic carbocycles. The molecule has 0 saturated heterocycles. The molecule has 0 spiro atoms. The summed E-state index contributed by atoms with van der Waals surface area (Å²) >= 11 is 9.35. The molecule has 0 unspecified atom stereocenters. The van der Waals surface area contributed by atoms with Crippen LogP contribution in [-0.2, 0) is 5.60 Å². The number of fused-ring (bicyclic) bond motifs is 1. The van der Waals surface area contributed by atoms with Gasteiger partial charge >= 0.3 is 0 Å². The number of hydrogen-bond acceptors (Lipinski definition) is 3. The summed E-state index contributed by atoms with van der Waals surface area (Å²) in [5.41, 5.74) is 6.71. The standard InChI is InChI=1S/C15H13BrClFN2O/c1-8-12-10(6-9(18)14(17)13(12)16)21-15(8,7-19)11-4-2-3-5-20-11/h2-6,8H,7,19H2,1H3/t8-,15-/m0/s1. The third kappa shape index (κ3) is 2.06. The lowest BCUT2D eigenvalue weighted by Crippen LogP contribution is -2.42. The largest absolute Gasteiger partial charge is 0.479 e. The minimum Gasteiger partial charge on any atom is -0.479 e. The predicted octanol–water partition coefficient (Wildman–Crippen LogP) is 3.99. The smallest absolute Gasteiger partial charge is 0.169 e. The minimum atomic E-state index is -0.816. The Morgan fingerprint density at radius 3 is 2.90 bits per heavy atom. The Kier molecular flexibility index (Phi) is 3.67. The Hall–Kier alpha value is -1.17. The molecule has 0 fully saturated rings. The molecule has 3 nitrogen and oxygen atoms in total. The van der Waals surface area contributed by atoms with E-state index in [1.54, 1.807) is 6.20 Å². The minimum absolute atomic E-state index is 0.0537. The zero-order valence-corrected chi connectivity index (χ0v) is 13.6. The first kappa shape index (κ1) is 14.8. The topological polar surface area (TPSA) is 48.1 Å². The zero-order chi connectivity index (χ0) is 15.2. The maximum atomic E-state index is 13.8. The van der Waals surface area contributed by atoms with Gasteiger partial charge in [0.25, 0.3) is 0 Å². The lowest BCUT2D eigenvalue weighted by atomic mass is 9.83. The first-order valence-electron chi connectivity index (χ1n) is 6.49. The highest BCUT2D eigenvalue weighted by atomic mass is 79.9. The second kappa shape index (κ2) is 5.23. The van der Waals surface area contributed by atoms with Crippen LogP contribution in [0.4, 0.5) is 4.39 Å². The Morgan fingerprint density at radius 1 is 1.52 bits per heavy atom.